The quantitative estimate of drug-likeness (QED) is 0.136. The fraction of sp³-hybridized carbons (Fsp3) is 0.750. The monoisotopic (exact) mass is 477 g/mol. The zero-order valence-corrected chi connectivity index (χ0v) is 20.5. The molecule has 0 radical (unpaired) electrons. The molecule has 1 heterocycles. The molecule has 1 aromatic carbocycles. The Morgan fingerprint density at radius 1 is 1.23 bits per heavy atom. The molecule has 6 heteroatoms. The van der Waals surface area contributed by atoms with Gasteiger partial charge in [-0.1, -0.05) is 67.0 Å². The number of rotatable bonds is 8. The lowest BCUT2D eigenvalue weighted by Gasteiger charge is -2.53. The van der Waals surface area contributed by atoms with Crippen LogP contribution in [0.25, 0.3) is 10.4 Å². The van der Waals surface area contributed by atoms with Gasteiger partial charge in [-0.2, -0.15) is 0 Å². The van der Waals surface area contributed by atoms with Gasteiger partial charge in [0.2, 0.25) is 0 Å². The first kappa shape index (κ1) is 23.3. The predicted molar refractivity (Wildman–Crippen MR) is 126 cm³/mol. The zero-order valence-electron chi connectivity index (χ0n) is 18.9. The van der Waals surface area contributed by atoms with Crippen molar-refractivity contribution >= 4 is 15.9 Å². The second-order valence-corrected chi connectivity index (χ2v) is 11.0. The number of halogens is 1. The summed E-state index contributed by atoms with van der Waals surface area (Å²) in [6, 6.07) is 3.98. The molecule has 2 aliphatic rings. The molecule has 2 atom stereocenters. The summed E-state index contributed by atoms with van der Waals surface area (Å²) in [4.78, 5) is 3.23. The van der Waals surface area contributed by atoms with E-state index in [0.717, 1.165) is 49.4 Å². The van der Waals surface area contributed by atoms with Gasteiger partial charge in [-0.3, -0.25) is 0 Å². The van der Waals surface area contributed by atoms with Gasteiger partial charge < -0.3 is 9.84 Å². The number of phenolic OH excluding ortho intramolecular Hbond substituents is 1. The highest BCUT2D eigenvalue weighted by Crippen LogP contribution is 2.59. The van der Waals surface area contributed by atoms with E-state index in [0.29, 0.717) is 11.3 Å². The normalized spacial score (nSPS) is 24.9. The van der Waals surface area contributed by atoms with Crippen molar-refractivity contribution in [3.05, 3.63) is 33.7 Å². The van der Waals surface area contributed by atoms with E-state index >= 15 is 0 Å². The predicted octanol–water partition coefficient (Wildman–Crippen LogP) is 7.88. The average molecular weight is 478 g/mol. The van der Waals surface area contributed by atoms with Gasteiger partial charge in [0.1, 0.15) is 17.1 Å². The van der Waals surface area contributed by atoms with Crippen molar-refractivity contribution in [2.24, 2.45) is 11.0 Å². The van der Waals surface area contributed by atoms with Crippen LogP contribution in [-0.4, -0.2) is 16.0 Å². The van der Waals surface area contributed by atoms with Gasteiger partial charge in [0.05, 0.1) is 5.54 Å². The van der Waals surface area contributed by atoms with Crippen LogP contribution in [-0.2, 0) is 11.0 Å². The highest BCUT2D eigenvalue weighted by atomic mass is 79.9. The number of nitrogens with zero attached hydrogens (tertiary/aromatic N) is 3. The maximum atomic E-state index is 11.2. The molecule has 0 aromatic heterocycles. The Balaban J connectivity index is 1.99. The smallest absolute Gasteiger partial charge is 0.128 e. The standard InChI is InChI=1S/C24H36BrN3O2/c1-22(2,12-8-5-6-10-14-25)17-15-18(29)21-19(16-17)30-23(3,4)20-11-7-9-13-24(20,21)27-28-26/h15-16,20,29H,5-14H2,1-4H3. The van der Waals surface area contributed by atoms with E-state index in [1.54, 1.807) is 0 Å². The maximum absolute atomic E-state index is 11.2. The molecule has 0 spiro atoms. The molecule has 2 unspecified atom stereocenters. The molecule has 1 aliphatic carbocycles. The summed E-state index contributed by atoms with van der Waals surface area (Å²) in [5, 5.41) is 16.6. The van der Waals surface area contributed by atoms with Crippen LogP contribution in [0.3, 0.4) is 0 Å². The van der Waals surface area contributed by atoms with Gasteiger partial charge in [0, 0.05) is 21.7 Å². The molecule has 1 N–H and O–H groups in total. The lowest BCUT2D eigenvalue weighted by molar-refractivity contribution is -0.0442. The molecular formula is C24H36BrN3O2. The van der Waals surface area contributed by atoms with Crippen LogP contribution >= 0.6 is 15.9 Å². The first-order chi connectivity index (χ1) is 14.2. The minimum Gasteiger partial charge on any atom is -0.507 e. The largest absolute Gasteiger partial charge is 0.507 e. The van der Waals surface area contributed by atoms with E-state index in [1.165, 1.54) is 19.3 Å². The molecular weight excluding hydrogens is 442 g/mol. The summed E-state index contributed by atoms with van der Waals surface area (Å²) in [6.45, 7) is 8.65. The number of hydrogen-bond donors (Lipinski definition) is 1. The molecule has 0 amide bonds. The molecule has 3 rings (SSSR count). The van der Waals surface area contributed by atoms with Gasteiger partial charge in [0.15, 0.2) is 0 Å². The average Bonchev–Trinajstić information content (AvgIpc) is 2.67. The molecule has 1 aliphatic heterocycles. The Bertz CT molecular complexity index is 817. The number of ether oxygens (including phenoxy) is 1. The summed E-state index contributed by atoms with van der Waals surface area (Å²) in [7, 11) is 0. The third-order valence-corrected chi connectivity index (χ3v) is 7.85. The topological polar surface area (TPSA) is 78.2 Å². The number of hydrogen-bond acceptors (Lipinski definition) is 3. The van der Waals surface area contributed by atoms with Gasteiger partial charge >= 0.3 is 0 Å². The molecule has 5 nitrogen and oxygen atoms in total. The van der Waals surface area contributed by atoms with Crippen molar-refractivity contribution in [3.8, 4) is 11.5 Å². The summed E-state index contributed by atoms with van der Waals surface area (Å²) in [6.07, 6.45) is 9.67. The van der Waals surface area contributed by atoms with Crippen molar-refractivity contribution in [1.82, 2.24) is 0 Å². The maximum Gasteiger partial charge on any atom is 0.128 e. The van der Waals surface area contributed by atoms with E-state index in [-0.39, 0.29) is 17.1 Å². The van der Waals surface area contributed by atoms with E-state index in [9.17, 15) is 10.6 Å². The van der Waals surface area contributed by atoms with Crippen LogP contribution in [0.4, 0.5) is 0 Å². The van der Waals surface area contributed by atoms with Crippen molar-refractivity contribution in [3.63, 3.8) is 0 Å². The van der Waals surface area contributed by atoms with Crippen LogP contribution in [0.15, 0.2) is 17.2 Å². The van der Waals surface area contributed by atoms with Crippen molar-refractivity contribution in [1.29, 1.82) is 0 Å². The minimum atomic E-state index is -0.730. The first-order valence-electron chi connectivity index (χ1n) is 11.4. The Morgan fingerprint density at radius 2 is 1.97 bits per heavy atom. The van der Waals surface area contributed by atoms with Crippen molar-refractivity contribution in [2.75, 3.05) is 5.33 Å². The van der Waals surface area contributed by atoms with Crippen LogP contribution in [0.2, 0.25) is 0 Å². The number of alkyl halides is 1. The number of azide groups is 1. The van der Waals surface area contributed by atoms with E-state index in [1.807, 2.05) is 6.07 Å². The van der Waals surface area contributed by atoms with Crippen LogP contribution in [0.5, 0.6) is 11.5 Å². The number of fused-ring (bicyclic) bond motifs is 3. The van der Waals surface area contributed by atoms with Gasteiger partial charge in [0.25, 0.3) is 0 Å². The zero-order chi connectivity index (χ0) is 22.0. The van der Waals surface area contributed by atoms with Gasteiger partial charge in [-0.05, 0) is 68.2 Å². The number of benzene rings is 1. The molecule has 1 fully saturated rings. The first-order valence-corrected chi connectivity index (χ1v) is 12.5. The Hall–Kier alpha value is -1.39. The van der Waals surface area contributed by atoms with E-state index in [4.69, 9.17) is 4.74 Å². The highest BCUT2D eigenvalue weighted by Gasteiger charge is 2.56. The van der Waals surface area contributed by atoms with Crippen molar-refractivity contribution < 1.29 is 9.84 Å². The van der Waals surface area contributed by atoms with Crippen LogP contribution < -0.4 is 4.74 Å². The summed E-state index contributed by atoms with van der Waals surface area (Å²) in [5.41, 5.74) is 9.95. The highest BCUT2D eigenvalue weighted by molar-refractivity contribution is 9.09. The minimum absolute atomic E-state index is 0.0568. The summed E-state index contributed by atoms with van der Waals surface area (Å²) in [5.74, 6) is 0.957. The number of aromatic hydroxyl groups is 1. The molecule has 166 valence electrons. The SMILES string of the molecule is CC(C)(CCCCCCBr)c1cc(O)c2c(c1)OC(C)(C)C1CCCCC21N=[N+]=[N-]. The second kappa shape index (κ2) is 9.00. The summed E-state index contributed by atoms with van der Waals surface area (Å²) >= 11 is 3.50. The Labute approximate surface area is 189 Å². The number of unbranched alkanes of at least 4 members (excludes halogenated alkanes) is 3. The fourth-order valence-electron chi connectivity index (χ4n) is 5.65. The van der Waals surface area contributed by atoms with Crippen LogP contribution in [0, 0.1) is 5.92 Å². The van der Waals surface area contributed by atoms with Gasteiger partial charge in [-0.25, -0.2) is 0 Å². The van der Waals surface area contributed by atoms with Crippen molar-refractivity contribution in [2.45, 2.75) is 102 Å². The second-order valence-electron chi connectivity index (χ2n) is 10.2. The Kier molecular flexibility index (Phi) is 6.98. The fourth-order valence-corrected chi connectivity index (χ4v) is 6.04. The van der Waals surface area contributed by atoms with Gasteiger partial charge in [-0.15, -0.1) is 0 Å². The molecule has 1 aromatic rings. The molecule has 1 saturated carbocycles. The van der Waals surface area contributed by atoms with E-state index in [2.05, 4.69) is 59.7 Å². The third kappa shape index (κ3) is 4.31. The lowest BCUT2D eigenvalue weighted by atomic mass is 9.61. The Morgan fingerprint density at radius 3 is 2.67 bits per heavy atom. The molecule has 30 heavy (non-hydrogen) atoms. The molecule has 0 saturated heterocycles. The summed E-state index contributed by atoms with van der Waals surface area (Å²) < 4.78 is 6.49. The lowest BCUT2D eigenvalue weighted by Crippen LogP contribution is -2.54. The number of phenols is 1. The van der Waals surface area contributed by atoms with Crippen LogP contribution in [0.1, 0.15) is 96.6 Å². The van der Waals surface area contributed by atoms with E-state index < -0.39 is 11.1 Å². The molecule has 0 bridgehead atoms. The third-order valence-electron chi connectivity index (χ3n) is 7.29.